The standard InChI is InChI=1S/C30H57NO4/c1-5-7-9-11-13-14-15-16-17-19-21-23-29(33)31-27(25-28(32)26(3)4)30(34)35-24-22-20-18-12-10-8-6-2/h26-27H,5-25H2,1-4H3,(H,31,33)/t27-/m0/s1. The number of Topliss-reactive ketones (excluding diaryl/α,β-unsaturated/α-hetero) is 1. The normalized spacial score (nSPS) is 12.0. The zero-order valence-corrected chi connectivity index (χ0v) is 23.6. The smallest absolute Gasteiger partial charge is 0.329 e. The van der Waals surface area contributed by atoms with Crippen LogP contribution >= 0.6 is 0 Å². The van der Waals surface area contributed by atoms with Crippen LogP contribution in [0.2, 0.25) is 0 Å². The lowest BCUT2D eigenvalue weighted by Gasteiger charge is -2.18. The van der Waals surface area contributed by atoms with Crippen molar-refractivity contribution in [3.05, 3.63) is 0 Å². The Morgan fingerprint density at radius 1 is 0.629 bits per heavy atom. The average molecular weight is 496 g/mol. The number of hydrogen-bond donors (Lipinski definition) is 1. The van der Waals surface area contributed by atoms with Gasteiger partial charge in [-0.15, -0.1) is 0 Å². The van der Waals surface area contributed by atoms with E-state index in [4.69, 9.17) is 4.74 Å². The lowest BCUT2D eigenvalue weighted by molar-refractivity contribution is -0.149. The van der Waals surface area contributed by atoms with Gasteiger partial charge >= 0.3 is 5.97 Å². The molecule has 5 nitrogen and oxygen atoms in total. The van der Waals surface area contributed by atoms with E-state index in [-0.39, 0.29) is 24.0 Å². The fourth-order valence-electron chi connectivity index (χ4n) is 4.18. The minimum absolute atomic E-state index is 0.0114. The fraction of sp³-hybridized carbons (Fsp3) is 0.900. The van der Waals surface area contributed by atoms with E-state index in [0.29, 0.717) is 13.0 Å². The summed E-state index contributed by atoms with van der Waals surface area (Å²) in [7, 11) is 0. The number of carbonyl (C=O) groups is 3. The number of nitrogens with one attached hydrogen (secondary N) is 1. The lowest BCUT2D eigenvalue weighted by Crippen LogP contribution is -2.43. The first-order chi connectivity index (χ1) is 16.9. The van der Waals surface area contributed by atoms with Gasteiger partial charge in [-0.05, 0) is 12.8 Å². The molecule has 0 rings (SSSR count). The van der Waals surface area contributed by atoms with Crippen molar-refractivity contribution in [2.45, 2.75) is 162 Å². The molecule has 206 valence electrons. The van der Waals surface area contributed by atoms with Crippen molar-refractivity contribution >= 4 is 17.7 Å². The number of unbranched alkanes of at least 4 members (excludes halogenated alkanes) is 16. The molecule has 0 aromatic rings. The summed E-state index contributed by atoms with van der Waals surface area (Å²) in [6.45, 7) is 8.44. The Morgan fingerprint density at radius 2 is 1.06 bits per heavy atom. The second-order valence-corrected chi connectivity index (χ2v) is 10.5. The summed E-state index contributed by atoms with van der Waals surface area (Å²) in [4.78, 5) is 37.3. The number of amides is 1. The van der Waals surface area contributed by atoms with Gasteiger partial charge < -0.3 is 10.1 Å². The minimum atomic E-state index is -0.866. The van der Waals surface area contributed by atoms with Crippen molar-refractivity contribution in [1.29, 1.82) is 0 Å². The van der Waals surface area contributed by atoms with Crippen molar-refractivity contribution in [2.24, 2.45) is 5.92 Å². The van der Waals surface area contributed by atoms with Crippen molar-refractivity contribution in [3.8, 4) is 0 Å². The lowest BCUT2D eigenvalue weighted by atomic mass is 10.0. The first-order valence-corrected chi connectivity index (χ1v) is 14.9. The van der Waals surface area contributed by atoms with Gasteiger partial charge in [0.25, 0.3) is 0 Å². The van der Waals surface area contributed by atoms with Crippen LogP contribution in [0.4, 0.5) is 0 Å². The van der Waals surface area contributed by atoms with E-state index < -0.39 is 12.0 Å². The molecule has 0 aromatic carbocycles. The predicted molar refractivity (Wildman–Crippen MR) is 146 cm³/mol. The molecule has 0 heterocycles. The van der Waals surface area contributed by atoms with Gasteiger partial charge in [-0.2, -0.15) is 0 Å². The zero-order chi connectivity index (χ0) is 26.2. The van der Waals surface area contributed by atoms with Gasteiger partial charge in [-0.25, -0.2) is 4.79 Å². The Balaban J connectivity index is 4.13. The molecule has 0 aliphatic heterocycles. The van der Waals surface area contributed by atoms with E-state index >= 15 is 0 Å². The molecule has 1 atom stereocenters. The molecular formula is C30H57NO4. The second kappa shape index (κ2) is 24.3. The maximum absolute atomic E-state index is 12.6. The van der Waals surface area contributed by atoms with Crippen LogP contribution in [0, 0.1) is 5.92 Å². The number of esters is 1. The molecule has 0 aliphatic rings. The molecular weight excluding hydrogens is 438 g/mol. The van der Waals surface area contributed by atoms with Gasteiger partial charge in [-0.1, -0.05) is 130 Å². The Hall–Kier alpha value is -1.39. The van der Waals surface area contributed by atoms with E-state index in [2.05, 4.69) is 19.2 Å². The van der Waals surface area contributed by atoms with E-state index in [1.54, 1.807) is 0 Å². The third-order valence-corrected chi connectivity index (χ3v) is 6.67. The van der Waals surface area contributed by atoms with Crippen LogP contribution in [0.5, 0.6) is 0 Å². The molecule has 0 aromatic heterocycles. The van der Waals surface area contributed by atoms with E-state index in [9.17, 15) is 14.4 Å². The highest BCUT2D eigenvalue weighted by Crippen LogP contribution is 2.13. The number of ether oxygens (including phenoxy) is 1. The third kappa shape index (κ3) is 21.6. The van der Waals surface area contributed by atoms with Crippen LogP contribution in [0.1, 0.15) is 156 Å². The Labute approximate surface area is 216 Å². The highest BCUT2D eigenvalue weighted by molar-refractivity contribution is 5.90. The van der Waals surface area contributed by atoms with Gasteiger partial charge in [0.05, 0.1) is 6.61 Å². The largest absolute Gasteiger partial charge is 0.464 e. The second-order valence-electron chi connectivity index (χ2n) is 10.5. The summed E-state index contributed by atoms with van der Waals surface area (Å²) in [5.74, 6) is -0.831. The van der Waals surface area contributed by atoms with E-state index in [0.717, 1.165) is 38.5 Å². The monoisotopic (exact) mass is 495 g/mol. The van der Waals surface area contributed by atoms with Gasteiger partial charge in [0.1, 0.15) is 11.8 Å². The maximum Gasteiger partial charge on any atom is 0.329 e. The van der Waals surface area contributed by atoms with Crippen LogP contribution in [0.25, 0.3) is 0 Å². The molecule has 0 radical (unpaired) electrons. The Kier molecular flexibility index (Phi) is 23.3. The van der Waals surface area contributed by atoms with Gasteiger partial charge in [-0.3, -0.25) is 9.59 Å². The zero-order valence-electron chi connectivity index (χ0n) is 23.6. The topological polar surface area (TPSA) is 72.5 Å². The number of ketones is 1. The third-order valence-electron chi connectivity index (χ3n) is 6.67. The summed E-state index contributed by atoms with van der Waals surface area (Å²) < 4.78 is 5.42. The summed E-state index contributed by atoms with van der Waals surface area (Å²) >= 11 is 0. The average Bonchev–Trinajstić information content (AvgIpc) is 2.83. The quantitative estimate of drug-likeness (QED) is 0.103. The van der Waals surface area contributed by atoms with Gasteiger partial charge in [0.2, 0.25) is 5.91 Å². The molecule has 0 spiro atoms. The van der Waals surface area contributed by atoms with Gasteiger partial charge in [0.15, 0.2) is 0 Å². The van der Waals surface area contributed by atoms with Gasteiger partial charge in [0, 0.05) is 18.8 Å². The predicted octanol–water partition coefficient (Wildman–Crippen LogP) is 8.08. The molecule has 0 unspecified atom stereocenters. The first kappa shape index (κ1) is 33.6. The summed E-state index contributed by atoms with van der Waals surface area (Å²) in [5, 5.41) is 2.78. The highest BCUT2D eigenvalue weighted by atomic mass is 16.5. The van der Waals surface area contributed by atoms with Crippen molar-refractivity contribution in [1.82, 2.24) is 5.32 Å². The first-order valence-electron chi connectivity index (χ1n) is 14.9. The number of carbonyl (C=O) groups excluding carboxylic acids is 3. The number of rotatable bonds is 25. The number of hydrogen-bond acceptors (Lipinski definition) is 4. The van der Waals surface area contributed by atoms with E-state index in [1.165, 1.54) is 77.0 Å². The minimum Gasteiger partial charge on any atom is -0.464 e. The summed E-state index contributed by atoms with van der Waals surface area (Å²) in [6.07, 6.45) is 22.0. The summed E-state index contributed by atoms with van der Waals surface area (Å²) in [6, 6.07) is -0.866. The van der Waals surface area contributed by atoms with E-state index in [1.807, 2.05) is 13.8 Å². The van der Waals surface area contributed by atoms with Crippen LogP contribution in [0.15, 0.2) is 0 Å². The molecule has 0 saturated heterocycles. The summed E-state index contributed by atoms with van der Waals surface area (Å²) in [5.41, 5.74) is 0. The molecule has 0 aliphatic carbocycles. The van der Waals surface area contributed by atoms with Crippen LogP contribution < -0.4 is 5.32 Å². The Bertz CT molecular complexity index is 532. The molecule has 0 fully saturated rings. The highest BCUT2D eigenvalue weighted by Gasteiger charge is 2.26. The molecule has 5 heteroatoms. The van der Waals surface area contributed by atoms with Crippen LogP contribution in [-0.2, 0) is 19.1 Å². The Morgan fingerprint density at radius 3 is 1.51 bits per heavy atom. The van der Waals surface area contributed by atoms with Crippen molar-refractivity contribution in [2.75, 3.05) is 6.61 Å². The van der Waals surface area contributed by atoms with Crippen LogP contribution in [-0.4, -0.2) is 30.3 Å². The SMILES string of the molecule is CCCCCCCCCCCCCC(=O)N[C@@H](CC(=O)C(C)C)C(=O)OCCCCCCCCC. The molecule has 0 saturated carbocycles. The van der Waals surface area contributed by atoms with Crippen molar-refractivity contribution < 1.29 is 19.1 Å². The fourth-order valence-corrected chi connectivity index (χ4v) is 4.18. The molecule has 1 amide bonds. The molecule has 1 N–H and O–H groups in total. The van der Waals surface area contributed by atoms with Crippen molar-refractivity contribution in [3.63, 3.8) is 0 Å². The molecule has 35 heavy (non-hydrogen) atoms. The maximum atomic E-state index is 12.6. The van der Waals surface area contributed by atoms with Crippen LogP contribution in [0.3, 0.4) is 0 Å². The molecule has 0 bridgehead atoms.